The quantitative estimate of drug-likeness (QED) is 0.448. The predicted octanol–water partition coefficient (Wildman–Crippen LogP) is 4.63. The predicted molar refractivity (Wildman–Crippen MR) is 142 cm³/mol. The first kappa shape index (κ1) is 26.3. The maximum Gasteiger partial charge on any atom is 0.410 e. The van der Waals surface area contributed by atoms with Gasteiger partial charge in [-0.05, 0) is 67.9 Å². The molecule has 1 aliphatic rings. The summed E-state index contributed by atoms with van der Waals surface area (Å²) in [5.74, 6) is 1.12. The number of rotatable bonds is 8. The van der Waals surface area contributed by atoms with E-state index in [2.05, 4.69) is 0 Å². The molecule has 1 atom stereocenters. The molecule has 3 aromatic carbocycles. The molecule has 37 heavy (non-hydrogen) atoms. The number of benzene rings is 3. The van der Waals surface area contributed by atoms with Gasteiger partial charge in [0.05, 0.1) is 12.6 Å². The van der Waals surface area contributed by atoms with Crippen LogP contribution in [0, 0.1) is 0 Å². The summed E-state index contributed by atoms with van der Waals surface area (Å²) in [5, 5.41) is 11.1. The van der Waals surface area contributed by atoms with Crippen molar-refractivity contribution in [2.24, 2.45) is 0 Å². The molecule has 1 aliphatic heterocycles. The second kappa shape index (κ2) is 11.5. The van der Waals surface area contributed by atoms with Gasteiger partial charge in [-0.1, -0.05) is 30.3 Å². The average molecular weight is 507 g/mol. The molecule has 0 aliphatic carbocycles. The van der Waals surface area contributed by atoms with Crippen LogP contribution in [-0.4, -0.2) is 66.6 Å². The number of amides is 2. The van der Waals surface area contributed by atoms with Gasteiger partial charge in [0.2, 0.25) is 5.91 Å². The van der Waals surface area contributed by atoms with E-state index in [1.165, 1.54) is 4.90 Å². The molecule has 196 valence electrons. The van der Waals surface area contributed by atoms with Crippen LogP contribution >= 0.6 is 0 Å². The van der Waals surface area contributed by atoms with E-state index in [9.17, 15) is 9.59 Å². The average Bonchev–Trinajstić information content (AvgIpc) is 2.87. The highest BCUT2D eigenvalue weighted by molar-refractivity contribution is 5.98. The molecule has 0 radical (unpaired) electrons. The van der Waals surface area contributed by atoms with Crippen LogP contribution in [0.25, 0.3) is 10.8 Å². The molecule has 8 nitrogen and oxygen atoms in total. The van der Waals surface area contributed by atoms with Crippen molar-refractivity contribution in [2.75, 3.05) is 37.8 Å². The molecule has 1 saturated heterocycles. The van der Waals surface area contributed by atoms with Crippen LogP contribution in [0.4, 0.5) is 10.5 Å². The summed E-state index contributed by atoms with van der Waals surface area (Å²) in [5.41, 5.74) is 0.0238. The van der Waals surface area contributed by atoms with E-state index >= 15 is 0 Å². The Labute approximate surface area is 217 Å². The van der Waals surface area contributed by atoms with E-state index in [0.717, 1.165) is 10.8 Å². The van der Waals surface area contributed by atoms with E-state index in [1.54, 1.807) is 37.8 Å². The number of anilines is 1. The summed E-state index contributed by atoms with van der Waals surface area (Å²) in [6.45, 7) is 6.24. The third-order valence-electron chi connectivity index (χ3n) is 5.89. The van der Waals surface area contributed by atoms with Crippen molar-refractivity contribution >= 4 is 28.5 Å². The van der Waals surface area contributed by atoms with Crippen LogP contribution in [0.3, 0.4) is 0 Å². The highest BCUT2D eigenvalue weighted by Crippen LogP contribution is 2.27. The van der Waals surface area contributed by atoms with Crippen LogP contribution < -0.4 is 14.4 Å². The first-order valence-electron chi connectivity index (χ1n) is 12.5. The first-order chi connectivity index (χ1) is 17.7. The normalized spacial score (nSPS) is 16.1. The number of ether oxygens (including phenoxy) is 3. The molecule has 2 amide bonds. The minimum absolute atomic E-state index is 0.0629. The Bertz CT molecular complexity index is 1220. The van der Waals surface area contributed by atoms with E-state index in [4.69, 9.17) is 19.3 Å². The molecule has 0 bridgehead atoms. The number of piperazine rings is 1. The third kappa shape index (κ3) is 6.92. The summed E-state index contributed by atoms with van der Waals surface area (Å²) >= 11 is 0. The zero-order chi connectivity index (χ0) is 26.4. The monoisotopic (exact) mass is 506 g/mol. The minimum Gasteiger partial charge on any atom is -0.494 e. The zero-order valence-electron chi connectivity index (χ0n) is 21.6. The largest absolute Gasteiger partial charge is 0.494 e. The summed E-state index contributed by atoms with van der Waals surface area (Å²) < 4.78 is 17.3. The topological polar surface area (TPSA) is 88.5 Å². The Morgan fingerprint density at radius 3 is 2.38 bits per heavy atom. The van der Waals surface area contributed by atoms with Gasteiger partial charge in [0.25, 0.3) is 0 Å². The number of hydrogen-bond acceptors (Lipinski definition) is 6. The number of carbonyl (C=O) groups is 2. The standard InChI is InChI=1S/C29H34N2O6/c1-29(2,3)37-28(34)30-18-24(20-36-26-12-9-21-7-4-5-8-22(21)17-26)31(27(33)19-30)23-10-13-25(14-11-23)35-16-6-15-32/h4-5,7-14,17,24,32H,6,15-16,18-20H2,1-3H3. The molecule has 1 fully saturated rings. The summed E-state index contributed by atoms with van der Waals surface area (Å²) in [7, 11) is 0. The molecule has 3 aromatic rings. The Kier molecular flexibility index (Phi) is 8.18. The molecule has 1 N–H and O–H groups in total. The maximum atomic E-state index is 13.3. The van der Waals surface area contributed by atoms with E-state index in [0.29, 0.717) is 30.2 Å². The van der Waals surface area contributed by atoms with Crippen LogP contribution in [0.2, 0.25) is 0 Å². The first-order valence-corrected chi connectivity index (χ1v) is 12.5. The minimum atomic E-state index is -0.666. The van der Waals surface area contributed by atoms with Crippen molar-refractivity contribution in [1.29, 1.82) is 0 Å². The molecule has 1 heterocycles. The lowest BCUT2D eigenvalue weighted by molar-refractivity contribution is -0.122. The van der Waals surface area contributed by atoms with Gasteiger partial charge in [0.15, 0.2) is 0 Å². The smallest absolute Gasteiger partial charge is 0.410 e. The van der Waals surface area contributed by atoms with E-state index in [1.807, 2.05) is 54.6 Å². The Morgan fingerprint density at radius 2 is 1.68 bits per heavy atom. The maximum absolute atomic E-state index is 13.3. The molecule has 0 spiro atoms. The fourth-order valence-corrected chi connectivity index (χ4v) is 4.20. The van der Waals surface area contributed by atoms with Gasteiger partial charge in [-0.15, -0.1) is 0 Å². The number of aliphatic hydroxyl groups is 1. The summed E-state index contributed by atoms with van der Waals surface area (Å²) in [6.07, 6.45) is 0.0185. The number of hydrogen-bond donors (Lipinski definition) is 1. The lowest BCUT2D eigenvalue weighted by Crippen LogP contribution is -2.60. The van der Waals surface area contributed by atoms with Crippen molar-refractivity contribution in [3.63, 3.8) is 0 Å². The molecular formula is C29H34N2O6. The number of aliphatic hydroxyl groups excluding tert-OH is 1. The van der Waals surface area contributed by atoms with Gasteiger partial charge in [-0.3, -0.25) is 9.69 Å². The second-order valence-electron chi connectivity index (χ2n) is 10.0. The molecular weight excluding hydrogens is 472 g/mol. The fourth-order valence-electron chi connectivity index (χ4n) is 4.20. The van der Waals surface area contributed by atoms with Crippen molar-refractivity contribution in [3.05, 3.63) is 66.7 Å². The van der Waals surface area contributed by atoms with Gasteiger partial charge >= 0.3 is 6.09 Å². The van der Waals surface area contributed by atoms with Gasteiger partial charge in [-0.2, -0.15) is 0 Å². The van der Waals surface area contributed by atoms with Gasteiger partial charge in [-0.25, -0.2) is 4.79 Å². The van der Waals surface area contributed by atoms with E-state index < -0.39 is 17.7 Å². The van der Waals surface area contributed by atoms with Crippen LogP contribution in [-0.2, 0) is 9.53 Å². The Morgan fingerprint density at radius 1 is 0.973 bits per heavy atom. The number of fused-ring (bicyclic) bond motifs is 1. The summed E-state index contributed by atoms with van der Waals surface area (Å²) in [4.78, 5) is 29.2. The molecule has 4 rings (SSSR count). The zero-order valence-corrected chi connectivity index (χ0v) is 21.6. The Balaban J connectivity index is 1.54. The fraction of sp³-hybridized carbons (Fsp3) is 0.379. The van der Waals surface area contributed by atoms with Gasteiger partial charge < -0.3 is 24.2 Å². The van der Waals surface area contributed by atoms with Crippen molar-refractivity contribution < 1.29 is 28.9 Å². The van der Waals surface area contributed by atoms with Crippen molar-refractivity contribution in [2.45, 2.75) is 38.8 Å². The van der Waals surface area contributed by atoms with Crippen LogP contribution in [0.1, 0.15) is 27.2 Å². The van der Waals surface area contributed by atoms with Crippen LogP contribution in [0.5, 0.6) is 11.5 Å². The third-order valence-corrected chi connectivity index (χ3v) is 5.89. The van der Waals surface area contributed by atoms with Gasteiger partial charge in [0, 0.05) is 25.3 Å². The molecule has 0 aromatic heterocycles. The lowest BCUT2D eigenvalue weighted by atomic mass is 10.1. The van der Waals surface area contributed by atoms with Gasteiger partial charge in [0.1, 0.15) is 30.3 Å². The number of carbonyl (C=O) groups excluding carboxylic acids is 2. The molecule has 0 saturated carbocycles. The highest BCUT2D eigenvalue weighted by atomic mass is 16.6. The molecule has 1 unspecified atom stereocenters. The number of nitrogens with zero attached hydrogens (tertiary/aromatic N) is 2. The van der Waals surface area contributed by atoms with Crippen LogP contribution in [0.15, 0.2) is 66.7 Å². The lowest BCUT2D eigenvalue weighted by Gasteiger charge is -2.41. The van der Waals surface area contributed by atoms with Crippen molar-refractivity contribution in [3.8, 4) is 11.5 Å². The second-order valence-corrected chi connectivity index (χ2v) is 10.0. The molecule has 8 heteroatoms. The SMILES string of the molecule is CC(C)(C)OC(=O)N1CC(=O)N(c2ccc(OCCCO)cc2)C(COc2ccc3ccccc3c2)C1. The Hall–Kier alpha value is -3.78. The van der Waals surface area contributed by atoms with E-state index in [-0.39, 0.29) is 32.2 Å². The highest BCUT2D eigenvalue weighted by Gasteiger charge is 2.37. The van der Waals surface area contributed by atoms with Crippen molar-refractivity contribution in [1.82, 2.24) is 4.90 Å². The summed E-state index contributed by atoms with van der Waals surface area (Å²) in [6, 6.07) is 20.7.